The summed E-state index contributed by atoms with van der Waals surface area (Å²) in [6.45, 7) is 4.36. The Morgan fingerprint density at radius 1 is 1.47 bits per heavy atom. The Morgan fingerprint density at radius 2 is 2.12 bits per heavy atom. The van der Waals surface area contributed by atoms with Gasteiger partial charge in [0.15, 0.2) is 5.01 Å². The fourth-order valence-electron chi connectivity index (χ4n) is 1.25. The van der Waals surface area contributed by atoms with Crippen LogP contribution >= 0.6 is 11.3 Å². The number of aliphatic hydroxyl groups is 1. The Labute approximate surface area is 102 Å². The molecule has 0 saturated heterocycles. The lowest BCUT2D eigenvalue weighted by atomic mass is 10.1. The zero-order valence-corrected chi connectivity index (χ0v) is 10.5. The van der Waals surface area contributed by atoms with Gasteiger partial charge in [-0.3, -0.25) is 0 Å². The summed E-state index contributed by atoms with van der Waals surface area (Å²) in [6.07, 6.45) is -2.47. The van der Waals surface area contributed by atoms with Gasteiger partial charge in [0.05, 0.1) is 4.88 Å². The Morgan fingerprint density at radius 3 is 2.59 bits per heavy atom. The Bertz CT molecular complexity index is 363. The summed E-state index contributed by atoms with van der Waals surface area (Å²) in [4.78, 5) is 3.50. The van der Waals surface area contributed by atoms with Crippen LogP contribution in [0, 0.1) is 0 Å². The summed E-state index contributed by atoms with van der Waals surface area (Å²) in [7, 11) is 0. The molecule has 2 N–H and O–H groups in total. The first-order chi connectivity index (χ1) is 7.77. The van der Waals surface area contributed by atoms with Crippen molar-refractivity contribution in [2.45, 2.75) is 32.0 Å². The van der Waals surface area contributed by atoms with Crippen LogP contribution in [0.3, 0.4) is 0 Å². The molecule has 0 radical (unpaired) electrons. The van der Waals surface area contributed by atoms with Gasteiger partial charge in [-0.05, 0) is 19.9 Å². The van der Waals surface area contributed by atoms with Crippen LogP contribution in [0.4, 0.5) is 13.2 Å². The minimum Gasteiger partial charge on any atom is -0.383 e. The monoisotopic (exact) mass is 268 g/mol. The normalized spacial score (nSPS) is 15.9. The van der Waals surface area contributed by atoms with Crippen molar-refractivity contribution in [1.29, 1.82) is 0 Å². The molecule has 7 heteroatoms. The second-order valence-corrected chi connectivity index (χ2v) is 5.01. The summed E-state index contributed by atoms with van der Waals surface area (Å²) >= 11 is 0.479. The second-order valence-electron chi connectivity index (χ2n) is 3.98. The van der Waals surface area contributed by atoms with Gasteiger partial charge in [0.2, 0.25) is 0 Å². The molecule has 0 aliphatic heterocycles. The highest BCUT2D eigenvalue weighted by Gasteiger charge is 2.37. The van der Waals surface area contributed by atoms with Gasteiger partial charge in [0.1, 0.15) is 5.60 Å². The van der Waals surface area contributed by atoms with Crippen LogP contribution in [0.1, 0.15) is 30.2 Å². The zero-order chi connectivity index (χ0) is 13.1. The number of nitrogens with zero attached hydrogens (tertiary/aromatic N) is 1. The van der Waals surface area contributed by atoms with E-state index in [0.29, 0.717) is 17.9 Å². The van der Waals surface area contributed by atoms with E-state index in [-0.39, 0.29) is 11.4 Å². The standard InChI is InChI=1S/C10H15F3N2OS/c1-3-4-14-6-9(2,16)7-5-15-8(17-7)10(11,12)13/h5,14,16H,3-4,6H2,1-2H3. The third-order valence-corrected chi connectivity index (χ3v) is 3.47. The van der Waals surface area contributed by atoms with Crippen LogP contribution < -0.4 is 5.32 Å². The molecule has 17 heavy (non-hydrogen) atoms. The minimum absolute atomic E-state index is 0.209. The van der Waals surface area contributed by atoms with Gasteiger partial charge in [-0.2, -0.15) is 13.2 Å². The summed E-state index contributed by atoms with van der Waals surface area (Å²) in [5, 5.41) is 12.1. The molecule has 1 unspecified atom stereocenters. The highest BCUT2D eigenvalue weighted by atomic mass is 32.1. The average Bonchev–Trinajstić information content (AvgIpc) is 2.66. The zero-order valence-electron chi connectivity index (χ0n) is 9.64. The molecule has 0 bridgehead atoms. The molecule has 1 aromatic rings. The molecule has 1 atom stereocenters. The summed E-state index contributed by atoms with van der Waals surface area (Å²) in [5.41, 5.74) is -1.32. The van der Waals surface area contributed by atoms with Gasteiger partial charge >= 0.3 is 6.18 Å². The fourth-order valence-corrected chi connectivity index (χ4v) is 2.08. The van der Waals surface area contributed by atoms with Gasteiger partial charge in [0.25, 0.3) is 0 Å². The van der Waals surface area contributed by atoms with E-state index in [0.717, 1.165) is 12.6 Å². The molecule has 0 aliphatic rings. The molecule has 1 rings (SSSR count). The number of hydrogen-bond acceptors (Lipinski definition) is 4. The highest BCUT2D eigenvalue weighted by Crippen LogP contribution is 2.35. The van der Waals surface area contributed by atoms with Crippen LogP contribution in [-0.4, -0.2) is 23.2 Å². The van der Waals surface area contributed by atoms with Crippen molar-refractivity contribution in [3.05, 3.63) is 16.1 Å². The van der Waals surface area contributed by atoms with Crippen molar-refractivity contribution < 1.29 is 18.3 Å². The van der Waals surface area contributed by atoms with Gasteiger partial charge in [-0.15, -0.1) is 11.3 Å². The van der Waals surface area contributed by atoms with Gasteiger partial charge in [0, 0.05) is 12.7 Å². The van der Waals surface area contributed by atoms with Crippen molar-refractivity contribution in [1.82, 2.24) is 10.3 Å². The van der Waals surface area contributed by atoms with E-state index in [1.54, 1.807) is 0 Å². The summed E-state index contributed by atoms with van der Waals surface area (Å²) in [6, 6.07) is 0. The van der Waals surface area contributed by atoms with Gasteiger partial charge < -0.3 is 10.4 Å². The van der Waals surface area contributed by atoms with Gasteiger partial charge in [-0.1, -0.05) is 6.92 Å². The molecular formula is C10H15F3N2OS. The molecule has 0 aliphatic carbocycles. The maximum absolute atomic E-state index is 12.3. The number of alkyl halides is 3. The molecular weight excluding hydrogens is 253 g/mol. The molecule has 0 aromatic carbocycles. The number of aromatic nitrogens is 1. The summed E-state index contributed by atoms with van der Waals surface area (Å²) in [5.74, 6) is 0. The number of nitrogens with one attached hydrogen (secondary N) is 1. The third-order valence-electron chi connectivity index (χ3n) is 2.18. The number of halogens is 3. The van der Waals surface area contributed by atoms with Crippen LogP contribution in [0.2, 0.25) is 0 Å². The molecule has 0 saturated carbocycles. The number of rotatable bonds is 5. The molecule has 1 heterocycles. The van der Waals surface area contributed by atoms with Crippen molar-refractivity contribution >= 4 is 11.3 Å². The van der Waals surface area contributed by atoms with Crippen LogP contribution in [0.5, 0.6) is 0 Å². The van der Waals surface area contributed by atoms with E-state index in [2.05, 4.69) is 10.3 Å². The highest BCUT2D eigenvalue weighted by molar-refractivity contribution is 7.11. The molecule has 0 fully saturated rings. The second kappa shape index (κ2) is 5.32. The average molecular weight is 268 g/mol. The van der Waals surface area contributed by atoms with Crippen molar-refractivity contribution in [2.24, 2.45) is 0 Å². The first-order valence-corrected chi connectivity index (χ1v) is 6.05. The Balaban J connectivity index is 2.74. The Kier molecular flexibility index (Phi) is 4.51. The van der Waals surface area contributed by atoms with E-state index in [4.69, 9.17) is 0 Å². The fraction of sp³-hybridized carbons (Fsp3) is 0.700. The minimum atomic E-state index is -4.45. The van der Waals surface area contributed by atoms with Crippen molar-refractivity contribution in [2.75, 3.05) is 13.1 Å². The lowest BCUT2D eigenvalue weighted by Crippen LogP contribution is -2.35. The van der Waals surface area contributed by atoms with E-state index < -0.39 is 16.8 Å². The van der Waals surface area contributed by atoms with Crippen molar-refractivity contribution in [3.63, 3.8) is 0 Å². The topological polar surface area (TPSA) is 45.1 Å². The van der Waals surface area contributed by atoms with Crippen LogP contribution in [0.25, 0.3) is 0 Å². The SMILES string of the molecule is CCCNCC(C)(O)c1cnc(C(F)(F)F)s1. The van der Waals surface area contributed by atoms with Crippen LogP contribution in [-0.2, 0) is 11.8 Å². The predicted octanol–water partition coefficient (Wildman–Crippen LogP) is 2.37. The van der Waals surface area contributed by atoms with Crippen molar-refractivity contribution in [3.8, 4) is 0 Å². The lowest BCUT2D eigenvalue weighted by molar-refractivity contribution is -0.137. The predicted molar refractivity (Wildman–Crippen MR) is 59.8 cm³/mol. The number of hydrogen-bond donors (Lipinski definition) is 2. The van der Waals surface area contributed by atoms with E-state index >= 15 is 0 Å². The lowest BCUT2D eigenvalue weighted by Gasteiger charge is -2.21. The smallest absolute Gasteiger partial charge is 0.383 e. The van der Waals surface area contributed by atoms with Crippen LogP contribution in [0.15, 0.2) is 6.20 Å². The molecule has 3 nitrogen and oxygen atoms in total. The summed E-state index contributed by atoms with van der Waals surface area (Å²) < 4.78 is 37.0. The van der Waals surface area contributed by atoms with Gasteiger partial charge in [-0.25, -0.2) is 4.98 Å². The molecule has 98 valence electrons. The molecule has 1 aromatic heterocycles. The quantitative estimate of drug-likeness (QED) is 0.806. The first-order valence-electron chi connectivity index (χ1n) is 5.24. The number of thiazole rings is 1. The molecule has 0 amide bonds. The maximum atomic E-state index is 12.3. The first kappa shape index (κ1) is 14.4. The third kappa shape index (κ3) is 3.93. The van der Waals surface area contributed by atoms with E-state index in [9.17, 15) is 18.3 Å². The Hall–Kier alpha value is -0.660. The van der Waals surface area contributed by atoms with E-state index in [1.165, 1.54) is 6.92 Å². The largest absolute Gasteiger partial charge is 0.443 e. The molecule has 0 spiro atoms. The van der Waals surface area contributed by atoms with E-state index in [1.807, 2.05) is 6.92 Å². The maximum Gasteiger partial charge on any atom is 0.443 e.